The van der Waals surface area contributed by atoms with Gasteiger partial charge in [-0.3, -0.25) is 9.59 Å². The third-order valence-electron chi connectivity index (χ3n) is 3.53. The van der Waals surface area contributed by atoms with E-state index in [9.17, 15) is 9.59 Å². The van der Waals surface area contributed by atoms with Crippen LogP contribution in [-0.2, 0) is 14.3 Å². The molecule has 1 N–H and O–H groups in total. The van der Waals surface area contributed by atoms with E-state index >= 15 is 0 Å². The fourth-order valence-corrected chi connectivity index (χ4v) is 2.40. The first-order valence-corrected chi connectivity index (χ1v) is 6.32. The minimum Gasteiger partial charge on any atom is -0.376 e. The van der Waals surface area contributed by atoms with E-state index in [1.54, 1.807) is 18.7 Å². The summed E-state index contributed by atoms with van der Waals surface area (Å²) in [7, 11) is 0. The summed E-state index contributed by atoms with van der Waals surface area (Å²) in [5, 5.41) is 2.68. The van der Waals surface area contributed by atoms with Gasteiger partial charge in [-0.1, -0.05) is 0 Å². The van der Waals surface area contributed by atoms with Crippen LogP contribution in [0.1, 0.15) is 33.1 Å². The molecule has 2 amide bonds. The van der Waals surface area contributed by atoms with Gasteiger partial charge in [0.05, 0.1) is 6.10 Å². The molecule has 0 radical (unpaired) electrons. The molecule has 0 bridgehead atoms. The number of amides is 2. The molecule has 2 rings (SSSR count). The number of nitrogens with one attached hydrogen (secondary N) is 1. The zero-order valence-corrected chi connectivity index (χ0v) is 10.4. The monoisotopic (exact) mass is 240 g/mol. The summed E-state index contributed by atoms with van der Waals surface area (Å²) < 4.78 is 5.62. The summed E-state index contributed by atoms with van der Waals surface area (Å²) in [6.07, 6.45) is 3.31. The van der Waals surface area contributed by atoms with Crippen LogP contribution < -0.4 is 5.32 Å². The number of carbonyl (C=O) groups is 2. The predicted octanol–water partition coefficient (Wildman–Crippen LogP) is 0.291. The molecule has 2 aliphatic heterocycles. The zero-order chi connectivity index (χ0) is 12.4. The standard InChI is InChI=1S/C12H20N2O3/c1-8-12(16)14(9(2)11(15)13-8)7-10-5-3-4-6-17-10/h8-10H,3-7H2,1-2H3,(H,13,15). The van der Waals surface area contributed by atoms with Gasteiger partial charge in [0.2, 0.25) is 11.8 Å². The van der Waals surface area contributed by atoms with Gasteiger partial charge in [-0.05, 0) is 33.1 Å². The molecule has 0 aliphatic carbocycles. The Bertz CT molecular complexity index is 313. The van der Waals surface area contributed by atoms with Crippen LogP contribution in [-0.4, -0.2) is 48.1 Å². The molecule has 2 fully saturated rings. The second-order valence-electron chi connectivity index (χ2n) is 4.89. The quantitative estimate of drug-likeness (QED) is 0.755. The Morgan fingerprint density at radius 1 is 1.35 bits per heavy atom. The number of ether oxygens (including phenoxy) is 1. The van der Waals surface area contributed by atoms with Crippen molar-refractivity contribution in [3.05, 3.63) is 0 Å². The number of carbonyl (C=O) groups excluding carboxylic acids is 2. The highest BCUT2D eigenvalue weighted by Gasteiger charge is 2.37. The van der Waals surface area contributed by atoms with Gasteiger partial charge in [-0.25, -0.2) is 0 Å². The summed E-state index contributed by atoms with van der Waals surface area (Å²) in [6.45, 7) is 4.80. The Hall–Kier alpha value is -1.10. The van der Waals surface area contributed by atoms with Gasteiger partial charge in [0.15, 0.2) is 0 Å². The maximum absolute atomic E-state index is 12.0. The van der Waals surface area contributed by atoms with Crippen LogP contribution in [0, 0.1) is 0 Å². The van der Waals surface area contributed by atoms with E-state index in [0.29, 0.717) is 6.54 Å². The molecule has 2 heterocycles. The van der Waals surface area contributed by atoms with Crippen molar-refractivity contribution in [3.8, 4) is 0 Å². The van der Waals surface area contributed by atoms with E-state index in [0.717, 1.165) is 25.9 Å². The lowest BCUT2D eigenvalue weighted by Crippen LogP contribution is -2.62. The molecule has 0 saturated carbocycles. The van der Waals surface area contributed by atoms with Gasteiger partial charge in [-0.15, -0.1) is 0 Å². The first-order valence-electron chi connectivity index (χ1n) is 6.32. The number of nitrogens with zero attached hydrogens (tertiary/aromatic N) is 1. The van der Waals surface area contributed by atoms with Crippen molar-refractivity contribution in [2.45, 2.75) is 51.3 Å². The van der Waals surface area contributed by atoms with Crippen molar-refractivity contribution < 1.29 is 14.3 Å². The molecule has 0 aromatic rings. The summed E-state index contributed by atoms with van der Waals surface area (Å²) in [5.41, 5.74) is 0. The Labute approximate surface area is 101 Å². The molecule has 5 heteroatoms. The average Bonchev–Trinajstić information content (AvgIpc) is 2.33. The van der Waals surface area contributed by atoms with Crippen molar-refractivity contribution in [1.82, 2.24) is 10.2 Å². The first kappa shape index (κ1) is 12.4. The summed E-state index contributed by atoms with van der Waals surface area (Å²) in [5.74, 6) is -0.0841. The summed E-state index contributed by atoms with van der Waals surface area (Å²) >= 11 is 0. The van der Waals surface area contributed by atoms with Crippen LogP contribution >= 0.6 is 0 Å². The Balaban J connectivity index is 2.00. The van der Waals surface area contributed by atoms with Crippen molar-refractivity contribution in [2.24, 2.45) is 0 Å². The maximum atomic E-state index is 12.0. The highest BCUT2D eigenvalue weighted by molar-refractivity contribution is 5.96. The number of piperazine rings is 1. The molecule has 2 saturated heterocycles. The molecular formula is C12H20N2O3. The fraction of sp³-hybridized carbons (Fsp3) is 0.833. The summed E-state index contributed by atoms with van der Waals surface area (Å²) in [4.78, 5) is 25.3. The van der Waals surface area contributed by atoms with Crippen LogP contribution in [0.3, 0.4) is 0 Å². The van der Waals surface area contributed by atoms with Crippen molar-refractivity contribution in [2.75, 3.05) is 13.2 Å². The molecule has 0 spiro atoms. The van der Waals surface area contributed by atoms with E-state index in [1.165, 1.54) is 0 Å². The van der Waals surface area contributed by atoms with E-state index in [1.807, 2.05) is 0 Å². The molecule has 0 aromatic heterocycles. The first-order chi connectivity index (χ1) is 8.09. The highest BCUT2D eigenvalue weighted by atomic mass is 16.5. The number of rotatable bonds is 2. The van der Waals surface area contributed by atoms with Crippen LogP contribution in [0.15, 0.2) is 0 Å². The van der Waals surface area contributed by atoms with E-state index in [-0.39, 0.29) is 24.0 Å². The number of hydrogen-bond acceptors (Lipinski definition) is 3. The van der Waals surface area contributed by atoms with Crippen molar-refractivity contribution in [1.29, 1.82) is 0 Å². The molecule has 5 nitrogen and oxygen atoms in total. The highest BCUT2D eigenvalue weighted by Crippen LogP contribution is 2.17. The molecule has 3 unspecified atom stereocenters. The largest absolute Gasteiger partial charge is 0.376 e. The van der Waals surface area contributed by atoms with Gasteiger partial charge in [-0.2, -0.15) is 0 Å². The van der Waals surface area contributed by atoms with E-state index < -0.39 is 6.04 Å². The Morgan fingerprint density at radius 2 is 2.12 bits per heavy atom. The summed E-state index contributed by atoms with van der Waals surface area (Å²) in [6, 6.07) is -0.800. The van der Waals surface area contributed by atoms with Gasteiger partial charge < -0.3 is 15.0 Å². The molecule has 0 aromatic carbocycles. The van der Waals surface area contributed by atoms with Gasteiger partial charge >= 0.3 is 0 Å². The van der Waals surface area contributed by atoms with Crippen LogP contribution in [0.25, 0.3) is 0 Å². The normalized spacial score (nSPS) is 34.7. The van der Waals surface area contributed by atoms with Crippen LogP contribution in [0.5, 0.6) is 0 Å². The molecular weight excluding hydrogens is 220 g/mol. The van der Waals surface area contributed by atoms with Gasteiger partial charge in [0.1, 0.15) is 12.1 Å². The second-order valence-corrected chi connectivity index (χ2v) is 4.89. The lowest BCUT2D eigenvalue weighted by molar-refractivity contribution is -0.150. The predicted molar refractivity (Wildman–Crippen MR) is 62.4 cm³/mol. The third kappa shape index (κ3) is 2.60. The molecule has 96 valence electrons. The van der Waals surface area contributed by atoms with E-state index in [4.69, 9.17) is 4.74 Å². The minimum atomic E-state index is -0.415. The smallest absolute Gasteiger partial charge is 0.245 e. The van der Waals surface area contributed by atoms with Crippen LogP contribution in [0.4, 0.5) is 0 Å². The SMILES string of the molecule is CC1NC(=O)C(C)N(CC2CCCCO2)C1=O. The second kappa shape index (κ2) is 5.04. The fourth-order valence-electron chi connectivity index (χ4n) is 2.40. The van der Waals surface area contributed by atoms with Gasteiger partial charge in [0.25, 0.3) is 0 Å². The minimum absolute atomic E-state index is 0.00808. The zero-order valence-electron chi connectivity index (χ0n) is 10.4. The van der Waals surface area contributed by atoms with Crippen LogP contribution in [0.2, 0.25) is 0 Å². The lowest BCUT2D eigenvalue weighted by atomic mass is 10.1. The van der Waals surface area contributed by atoms with Crippen molar-refractivity contribution >= 4 is 11.8 Å². The van der Waals surface area contributed by atoms with E-state index in [2.05, 4.69) is 5.32 Å². The Morgan fingerprint density at radius 3 is 2.76 bits per heavy atom. The average molecular weight is 240 g/mol. The topological polar surface area (TPSA) is 58.6 Å². The number of hydrogen-bond donors (Lipinski definition) is 1. The van der Waals surface area contributed by atoms with Crippen molar-refractivity contribution in [3.63, 3.8) is 0 Å². The maximum Gasteiger partial charge on any atom is 0.245 e. The Kier molecular flexibility index (Phi) is 3.66. The molecule has 17 heavy (non-hydrogen) atoms. The lowest BCUT2D eigenvalue weighted by Gasteiger charge is -2.38. The molecule has 2 aliphatic rings. The van der Waals surface area contributed by atoms with Gasteiger partial charge in [0, 0.05) is 13.2 Å². The molecule has 3 atom stereocenters. The third-order valence-corrected chi connectivity index (χ3v) is 3.53.